The molecule has 126 valence electrons. The van der Waals surface area contributed by atoms with E-state index in [0.717, 1.165) is 16.8 Å². The molecule has 5 heteroatoms. The second-order valence-corrected chi connectivity index (χ2v) is 5.91. The number of nitrogens with one attached hydrogen (secondary N) is 2. The van der Waals surface area contributed by atoms with Crippen molar-refractivity contribution in [3.63, 3.8) is 0 Å². The molecule has 1 amide bonds. The Morgan fingerprint density at radius 2 is 1.68 bits per heavy atom. The number of carbonyl (C=O) groups is 1. The Hall–Kier alpha value is -3.21. The second kappa shape index (κ2) is 7.57. The van der Waals surface area contributed by atoms with E-state index in [1.165, 1.54) is 5.56 Å². The van der Waals surface area contributed by atoms with Crippen molar-refractivity contribution in [1.29, 1.82) is 0 Å². The lowest BCUT2D eigenvalue weighted by Crippen LogP contribution is -2.24. The van der Waals surface area contributed by atoms with E-state index in [4.69, 9.17) is 0 Å². The first-order valence-corrected chi connectivity index (χ1v) is 8.12. The minimum atomic E-state index is -0.240. The fourth-order valence-corrected chi connectivity index (χ4v) is 2.35. The standard InChI is InChI=1S/C20H20N4O/c1-14-7-9-16(10-8-14)13-21-20(25)18-11-12-19(24-23-18)22-17-6-4-3-5-15(17)2/h3-12H,13H2,1-2H3,(H,21,25)(H,22,24). The van der Waals surface area contributed by atoms with Crippen LogP contribution in [0.5, 0.6) is 0 Å². The van der Waals surface area contributed by atoms with E-state index in [1.807, 2.05) is 62.4 Å². The zero-order valence-electron chi connectivity index (χ0n) is 14.3. The smallest absolute Gasteiger partial charge is 0.272 e. The SMILES string of the molecule is Cc1ccc(CNC(=O)c2ccc(Nc3ccccc3C)nn2)cc1. The minimum absolute atomic E-state index is 0.240. The zero-order chi connectivity index (χ0) is 17.6. The highest BCUT2D eigenvalue weighted by atomic mass is 16.1. The van der Waals surface area contributed by atoms with Crippen molar-refractivity contribution in [3.05, 3.63) is 83.0 Å². The number of hydrogen-bond acceptors (Lipinski definition) is 4. The molecule has 0 atom stereocenters. The number of para-hydroxylation sites is 1. The molecule has 2 aromatic carbocycles. The Balaban J connectivity index is 1.60. The molecule has 0 fully saturated rings. The highest BCUT2D eigenvalue weighted by Crippen LogP contribution is 2.17. The van der Waals surface area contributed by atoms with Crippen LogP contribution < -0.4 is 10.6 Å². The topological polar surface area (TPSA) is 66.9 Å². The average molecular weight is 332 g/mol. The van der Waals surface area contributed by atoms with Crippen molar-refractivity contribution in [2.45, 2.75) is 20.4 Å². The molecule has 1 aromatic heterocycles. The third-order valence-corrected chi connectivity index (χ3v) is 3.88. The van der Waals surface area contributed by atoms with Gasteiger partial charge in [-0.3, -0.25) is 4.79 Å². The van der Waals surface area contributed by atoms with Gasteiger partial charge >= 0.3 is 0 Å². The number of aromatic nitrogens is 2. The first-order chi connectivity index (χ1) is 12.1. The normalized spacial score (nSPS) is 10.3. The molecular weight excluding hydrogens is 312 g/mol. The van der Waals surface area contributed by atoms with Crippen molar-refractivity contribution >= 4 is 17.4 Å². The summed E-state index contributed by atoms with van der Waals surface area (Å²) in [4.78, 5) is 12.2. The van der Waals surface area contributed by atoms with Gasteiger partial charge in [0, 0.05) is 12.2 Å². The van der Waals surface area contributed by atoms with Crippen LogP contribution in [0.2, 0.25) is 0 Å². The molecule has 0 unspecified atom stereocenters. The Bertz CT molecular complexity index is 858. The summed E-state index contributed by atoms with van der Waals surface area (Å²) in [7, 11) is 0. The molecule has 0 bridgehead atoms. The maximum absolute atomic E-state index is 12.2. The molecule has 0 radical (unpaired) electrons. The molecule has 0 aliphatic carbocycles. The van der Waals surface area contributed by atoms with Crippen LogP contribution in [0.1, 0.15) is 27.2 Å². The van der Waals surface area contributed by atoms with Crippen LogP contribution in [0, 0.1) is 13.8 Å². The molecule has 0 saturated heterocycles. The summed E-state index contributed by atoms with van der Waals surface area (Å²) in [5, 5.41) is 14.1. The molecule has 0 spiro atoms. The number of hydrogen-bond donors (Lipinski definition) is 2. The zero-order valence-corrected chi connectivity index (χ0v) is 14.3. The summed E-state index contributed by atoms with van der Waals surface area (Å²) in [6.07, 6.45) is 0. The molecule has 0 aliphatic heterocycles. The van der Waals surface area contributed by atoms with E-state index >= 15 is 0 Å². The van der Waals surface area contributed by atoms with Crippen molar-refractivity contribution in [2.75, 3.05) is 5.32 Å². The van der Waals surface area contributed by atoms with Crippen molar-refractivity contribution in [3.8, 4) is 0 Å². The number of aryl methyl sites for hydroxylation is 2. The van der Waals surface area contributed by atoms with Crippen LogP contribution in [0.25, 0.3) is 0 Å². The molecule has 1 heterocycles. The van der Waals surface area contributed by atoms with Crippen molar-refractivity contribution in [2.24, 2.45) is 0 Å². The van der Waals surface area contributed by atoms with Crippen LogP contribution in [-0.2, 0) is 6.54 Å². The Kier molecular flexibility index (Phi) is 5.04. The van der Waals surface area contributed by atoms with E-state index in [9.17, 15) is 4.79 Å². The van der Waals surface area contributed by atoms with Gasteiger partial charge in [-0.1, -0.05) is 48.0 Å². The van der Waals surface area contributed by atoms with E-state index in [1.54, 1.807) is 12.1 Å². The number of anilines is 2. The largest absolute Gasteiger partial charge is 0.347 e. The molecule has 5 nitrogen and oxygen atoms in total. The Morgan fingerprint density at radius 1 is 0.920 bits per heavy atom. The van der Waals surface area contributed by atoms with Gasteiger partial charge in [-0.2, -0.15) is 0 Å². The van der Waals surface area contributed by atoms with E-state index < -0.39 is 0 Å². The predicted molar refractivity (Wildman–Crippen MR) is 98.8 cm³/mol. The monoisotopic (exact) mass is 332 g/mol. The third kappa shape index (κ3) is 4.41. The van der Waals surface area contributed by atoms with E-state index in [-0.39, 0.29) is 5.91 Å². The van der Waals surface area contributed by atoms with Gasteiger partial charge in [0.1, 0.15) is 0 Å². The maximum Gasteiger partial charge on any atom is 0.272 e. The lowest BCUT2D eigenvalue weighted by molar-refractivity contribution is 0.0945. The fraction of sp³-hybridized carbons (Fsp3) is 0.150. The molecule has 3 rings (SSSR count). The molecule has 0 saturated carbocycles. The predicted octanol–water partition coefficient (Wildman–Crippen LogP) is 3.77. The highest BCUT2D eigenvalue weighted by Gasteiger charge is 2.08. The van der Waals surface area contributed by atoms with Gasteiger partial charge in [-0.25, -0.2) is 0 Å². The number of amides is 1. The molecule has 2 N–H and O–H groups in total. The summed E-state index contributed by atoms with van der Waals surface area (Å²) in [6.45, 7) is 4.51. The van der Waals surface area contributed by atoms with Gasteiger partial charge in [0.25, 0.3) is 5.91 Å². The summed E-state index contributed by atoms with van der Waals surface area (Å²) in [5.41, 5.74) is 4.61. The van der Waals surface area contributed by atoms with Crippen LogP contribution in [-0.4, -0.2) is 16.1 Å². The summed E-state index contributed by atoms with van der Waals surface area (Å²) >= 11 is 0. The molecule has 3 aromatic rings. The van der Waals surface area contributed by atoms with Crippen LogP contribution >= 0.6 is 0 Å². The average Bonchev–Trinajstić information content (AvgIpc) is 2.63. The van der Waals surface area contributed by atoms with Gasteiger partial charge < -0.3 is 10.6 Å². The third-order valence-electron chi connectivity index (χ3n) is 3.88. The van der Waals surface area contributed by atoms with Gasteiger partial charge in [-0.15, -0.1) is 10.2 Å². The van der Waals surface area contributed by atoms with Gasteiger partial charge in [0.15, 0.2) is 11.5 Å². The maximum atomic E-state index is 12.2. The van der Waals surface area contributed by atoms with Gasteiger partial charge in [0.05, 0.1) is 0 Å². The highest BCUT2D eigenvalue weighted by molar-refractivity contribution is 5.92. The van der Waals surface area contributed by atoms with E-state index in [0.29, 0.717) is 18.1 Å². The second-order valence-electron chi connectivity index (χ2n) is 5.91. The summed E-state index contributed by atoms with van der Waals surface area (Å²) in [6, 6.07) is 19.4. The van der Waals surface area contributed by atoms with Crippen molar-refractivity contribution in [1.82, 2.24) is 15.5 Å². The first kappa shape index (κ1) is 16.6. The summed E-state index contributed by atoms with van der Waals surface area (Å²) < 4.78 is 0. The van der Waals surface area contributed by atoms with Crippen molar-refractivity contribution < 1.29 is 4.79 Å². The van der Waals surface area contributed by atoms with Crippen LogP contribution in [0.15, 0.2) is 60.7 Å². The first-order valence-electron chi connectivity index (χ1n) is 8.12. The number of nitrogens with zero attached hydrogens (tertiary/aromatic N) is 2. The quantitative estimate of drug-likeness (QED) is 0.746. The Labute approximate surface area is 147 Å². The number of carbonyl (C=O) groups excluding carboxylic acids is 1. The number of rotatable bonds is 5. The van der Waals surface area contributed by atoms with E-state index in [2.05, 4.69) is 20.8 Å². The Morgan fingerprint density at radius 3 is 2.36 bits per heavy atom. The molecule has 0 aliphatic rings. The molecular formula is C20H20N4O. The lowest BCUT2D eigenvalue weighted by Gasteiger charge is -2.08. The van der Waals surface area contributed by atoms with Gasteiger partial charge in [0.2, 0.25) is 0 Å². The lowest BCUT2D eigenvalue weighted by atomic mass is 10.1. The van der Waals surface area contributed by atoms with Crippen LogP contribution in [0.3, 0.4) is 0 Å². The van der Waals surface area contributed by atoms with Crippen LogP contribution in [0.4, 0.5) is 11.5 Å². The summed E-state index contributed by atoms with van der Waals surface area (Å²) in [5.74, 6) is 0.361. The van der Waals surface area contributed by atoms with Gasteiger partial charge in [-0.05, 0) is 43.2 Å². The number of benzene rings is 2. The minimum Gasteiger partial charge on any atom is -0.347 e. The molecule has 25 heavy (non-hydrogen) atoms. The fourth-order valence-electron chi connectivity index (χ4n) is 2.35.